The number of carbonyl (C=O) groups excluding carboxylic acids is 1. The monoisotopic (exact) mass is 338 g/mol. The molecule has 98 valence electrons. The highest BCUT2D eigenvalue weighted by molar-refractivity contribution is 9.10. The van der Waals surface area contributed by atoms with Gasteiger partial charge in [0.1, 0.15) is 5.15 Å². The first-order chi connectivity index (χ1) is 9.08. The summed E-state index contributed by atoms with van der Waals surface area (Å²) in [4.78, 5) is 17.9. The maximum Gasteiger partial charge on any atom is 0.257 e. The number of hydrogen-bond acceptors (Lipinski definition) is 2. The largest absolute Gasteiger partial charge is 0.337 e. The summed E-state index contributed by atoms with van der Waals surface area (Å²) in [6, 6.07) is 11.5. The molecule has 1 heterocycles. The number of aromatic nitrogens is 1. The minimum absolute atomic E-state index is 0.150. The molecule has 0 N–H and O–H groups in total. The van der Waals surface area contributed by atoms with Crippen LogP contribution in [0.2, 0.25) is 5.15 Å². The SMILES string of the molecule is CN(Cc1ccccc1)C(=O)c1cc(Br)cnc1Cl. The topological polar surface area (TPSA) is 33.2 Å². The van der Waals surface area contributed by atoms with Crippen molar-refractivity contribution in [2.24, 2.45) is 0 Å². The summed E-state index contributed by atoms with van der Waals surface area (Å²) < 4.78 is 0.730. The van der Waals surface area contributed by atoms with E-state index >= 15 is 0 Å². The van der Waals surface area contributed by atoms with Crippen molar-refractivity contribution in [3.8, 4) is 0 Å². The van der Waals surface area contributed by atoms with Gasteiger partial charge in [0.05, 0.1) is 5.56 Å². The van der Waals surface area contributed by atoms with Gasteiger partial charge in [-0.25, -0.2) is 4.98 Å². The molecule has 1 amide bonds. The highest BCUT2D eigenvalue weighted by Crippen LogP contribution is 2.20. The lowest BCUT2D eigenvalue weighted by Crippen LogP contribution is -2.26. The summed E-state index contributed by atoms with van der Waals surface area (Å²) in [6.07, 6.45) is 1.57. The molecule has 0 unspecified atom stereocenters. The average molecular weight is 340 g/mol. The van der Waals surface area contributed by atoms with Crippen molar-refractivity contribution in [1.29, 1.82) is 0 Å². The van der Waals surface area contributed by atoms with E-state index in [1.54, 1.807) is 24.2 Å². The second kappa shape index (κ2) is 6.17. The molecule has 3 nitrogen and oxygen atoms in total. The Morgan fingerprint density at radius 1 is 1.37 bits per heavy atom. The van der Waals surface area contributed by atoms with Gasteiger partial charge in [-0.2, -0.15) is 0 Å². The van der Waals surface area contributed by atoms with E-state index in [0.29, 0.717) is 12.1 Å². The minimum atomic E-state index is -0.150. The smallest absolute Gasteiger partial charge is 0.257 e. The highest BCUT2D eigenvalue weighted by atomic mass is 79.9. The first-order valence-corrected chi connectivity index (χ1v) is 6.85. The van der Waals surface area contributed by atoms with Gasteiger partial charge in [-0.1, -0.05) is 41.9 Å². The number of halogens is 2. The number of amides is 1. The van der Waals surface area contributed by atoms with E-state index in [1.165, 1.54) is 0 Å². The van der Waals surface area contributed by atoms with E-state index in [0.717, 1.165) is 10.0 Å². The summed E-state index contributed by atoms with van der Waals surface area (Å²) in [5.41, 5.74) is 1.46. The van der Waals surface area contributed by atoms with Gasteiger partial charge in [0.15, 0.2) is 0 Å². The first kappa shape index (κ1) is 14.0. The molecule has 0 aliphatic carbocycles. The van der Waals surface area contributed by atoms with Crippen LogP contribution in [0.3, 0.4) is 0 Å². The third-order valence-corrected chi connectivity index (χ3v) is 3.38. The molecule has 19 heavy (non-hydrogen) atoms. The normalized spacial score (nSPS) is 10.3. The Bertz CT molecular complexity index is 589. The molecule has 0 radical (unpaired) electrons. The van der Waals surface area contributed by atoms with Crippen molar-refractivity contribution in [2.75, 3.05) is 7.05 Å². The number of rotatable bonds is 3. The fraction of sp³-hybridized carbons (Fsp3) is 0.143. The lowest BCUT2D eigenvalue weighted by Gasteiger charge is -2.17. The average Bonchev–Trinajstić information content (AvgIpc) is 2.42. The molecule has 0 bridgehead atoms. The van der Waals surface area contributed by atoms with Crippen molar-refractivity contribution in [3.63, 3.8) is 0 Å². The maximum atomic E-state index is 12.3. The van der Waals surface area contributed by atoms with Crippen LogP contribution in [0.1, 0.15) is 15.9 Å². The summed E-state index contributed by atoms with van der Waals surface area (Å²) in [5, 5.41) is 0.216. The zero-order chi connectivity index (χ0) is 13.8. The van der Waals surface area contributed by atoms with E-state index in [1.807, 2.05) is 30.3 Å². The lowest BCUT2D eigenvalue weighted by molar-refractivity contribution is 0.0785. The second-order valence-electron chi connectivity index (χ2n) is 4.14. The fourth-order valence-corrected chi connectivity index (χ4v) is 2.22. The Hall–Kier alpha value is -1.39. The van der Waals surface area contributed by atoms with E-state index in [-0.39, 0.29) is 11.1 Å². The summed E-state index contributed by atoms with van der Waals surface area (Å²) in [6.45, 7) is 0.530. The van der Waals surface area contributed by atoms with Crippen molar-refractivity contribution in [3.05, 3.63) is 63.3 Å². The zero-order valence-corrected chi connectivity index (χ0v) is 12.6. The Labute approximate surface area is 125 Å². The lowest BCUT2D eigenvalue weighted by atomic mass is 10.2. The number of pyridine rings is 1. The molecule has 0 fully saturated rings. The van der Waals surface area contributed by atoms with Gasteiger partial charge in [0, 0.05) is 24.3 Å². The van der Waals surface area contributed by atoms with Crippen LogP contribution in [0.25, 0.3) is 0 Å². The van der Waals surface area contributed by atoms with E-state index < -0.39 is 0 Å². The van der Waals surface area contributed by atoms with E-state index in [2.05, 4.69) is 20.9 Å². The van der Waals surface area contributed by atoms with Crippen LogP contribution in [0.4, 0.5) is 0 Å². The molecule has 5 heteroatoms. The molecule has 2 rings (SSSR count). The molecule has 2 aromatic rings. The molecule has 1 aromatic heterocycles. The molecule has 0 saturated heterocycles. The number of hydrogen-bond donors (Lipinski definition) is 0. The maximum absolute atomic E-state index is 12.3. The first-order valence-electron chi connectivity index (χ1n) is 5.68. The van der Waals surface area contributed by atoms with Crippen LogP contribution < -0.4 is 0 Å². The standard InChI is InChI=1S/C14H12BrClN2O/c1-18(9-10-5-3-2-4-6-10)14(19)12-7-11(15)8-17-13(12)16/h2-8H,9H2,1H3. The van der Waals surface area contributed by atoms with Crippen LogP contribution >= 0.6 is 27.5 Å². The molecule has 0 saturated carbocycles. The Kier molecular flexibility index (Phi) is 4.56. The third kappa shape index (κ3) is 3.55. The number of nitrogens with zero attached hydrogens (tertiary/aromatic N) is 2. The van der Waals surface area contributed by atoms with Crippen molar-refractivity contribution in [1.82, 2.24) is 9.88 Å². The van der Waals surface area contributed by atoms with E-state index in [9.17, 15) is 4.79 Å². The van der Waals surface area contributed by atoms with Crippen LogP contribution in [0.15, 0.2) is 47.1 Å². The summed E-state index contributed by atoms with van der Waals surface area (Å²) >= 11 is 9.25. The Morgan fingerprint density at radius 2 is 2.05 bits per heavy atom. The van der Waals surface area contributed by atoms with Gasteiger partial charge >= 0.3 is 0 Å². The molecule has 0 spiro atoms. The second-order valence-corrected chi connectivity index (χ2v) is 5.41. The molecular formula is C14H12BrClN2O. The van der Waals surface area contributed by atoms with Gasteiger partial charge in [-0.15, -0.1) is 0 Å². The van der Waals surface area contributed by atoms with Crippen LogP contribution in [-0.2, 0) is 6.54 Å². The van der Waals surface area contributed by atoms with Gasteiger partial charge in [-0.05, 0) is 27.6 Å². The molecule has 0 aliphatic heterocycles. The van der Waals surface area contributed by atoms with Crippen LogP contribution in [0.5, 0.6) is 0 Å². The predicted octanol–water partition coefficient (Wildman–Crippen LogP) is 3.77. The summed E-state index contributed by atoms with van der Waals surface area (Å²) in [5.74, 6) is -0.150. The van der Waals surface area contributed by atoms with Crippen molar-refractivity contribution in [2.45, 2.75) is 6.54 Å². The van der Waals surface area contributed by atoms with Crippen molar-refractivity contribution < 1.29 is 4.79 Å². The Morgan fingerprint density at radius 3 is 2.74 bits per heavy atom. The van der Waals surface area contributed by atoms with Gasteiger partial charge in [0.25, 0.3) is 5.91 Å². The van der Waals surface area contributed by atoms with Gasteiger partial charge < -0.3 is 4.90 Å². The number of benzene rings is 1. The number of carbonyl (C=O) groups is 1. The molecule has 0 atom stereocenters. The molecule has 1 aromatic carbocycles. The van der Waals surface area contributed by atoms with Crippen molar-refractivity contribution >= 4 is 33.4 Å². The fourth-order valence-electron chi connectivity index (χ4n) is 1.71. The zero-order valence-electron chi connectivity index (χ0n) is 10.3. The van der Waals surface area contributed by atoms with Crippen LogP contribution in [0, 0.1) is 0 Å². The minimum Gasteiger partial charge on any atom is -0.337 e. The predicted molar refractivity (Wildman–Crippen MR) is 79.2 cm³/mol. The third-order valence-electron chi connectivity index (χ3n) is 2.65. The van der Waals surface area contributed by atoms with E-state index in [4.69, 9.17) is 11.6 Å². The van der Waals surface area contributed by atoms with Gasteiger partial charge in [0.2, 0.25) is 0 Å². The molecule has 0 aliphatic rings. The van der Waals surface area contributed by atoms with Gasteiger partial charge in [-0.3, -0.25) is 4.79 Å². The highest BCUT2D eigenvalue weighted by Gasteiger charge is 2.16. The quantitative estimate of drug-likeness (QED) is 0.798. The van der Waals surface area contributed by atoms with Crippen LogP contribution in [-0.4, -0.2) is 22.8 Å². The summed E-state index contributed by atoms with van der Waals surface area (Å²) in [7, 11) is 1.74. The Balaban J connectivity index is 2.17. The molecular weight excluding hydrogens is 328 g/mol.